The van der Waals surface area contributed by atoms with Crippen LogP contribution in [0.1, 0.15) is 40.7 Å². The van der Waals surface area contributed by atoms with Crippen LogP contribution in [0.3, 0.4) is 0 Å². The monoisotopic (exact) mass is 463 g/mol. The van der Waals surface area contributed by atoms with Gasteiger partial charge in [-0.15, -0.1) is 0 Å². The minimum atomic E-state index is -4.74. The fourth-order valence-corrected chi connectivity index (χ4v) is 6.69. The Kier molecular flexibility index (Phi) is 4.22. The lowest BCUT2D eigenvalue weighted by molar-refractivity contribution is -0.137. The number of carbonyl (C=O) groups is 2. The summed E-state index contributed by atoms with van der Waals surface area (Å²) in [7, 11) is 0. The van der Waals surface area contributed by atoms with Crippen LogP contribution in [0.5, 0.6) is 0 Å². The van der Waals surface area contributed by atoms with Crippen LogP contribution in [0.15, 0.2) is 72.8 Å². The van der Waals surface area contributed by atoms with Gasteiger partial charge in [-0.1, -0.05) is 60.7 Å². The molecule has 34 heavy (non-hydrogen) atoms. The molecule has 4 nitrogen and oxygen atoms in total. The van der Waals surface area contributed by atoms with E-state index >= 15 is 0 Å². The van der Waals surface area contributed by atoms with Crippen molar-refractivity contribution in [2.75, 3.05) is 4.90 Å². The Labute approximate surface area is 193 Å². The molecule has 2 bridgehead atoms. The van der Waals surface area contributed by atoms with Gasteiger partial charge in [0, 0.05) is 5.92 Å². The number of halogens is 3. The summed E-state index contributed by atoms with van der Waals surface area (Å²) in [5.74, 6) is -3.78. The molecule has 1 heterocycles. The average molecular weight is 463 g/mol. The van der Waals surface area contributed by atoms with Gasteiger partial charge < -0.3 is 5.11 Å². The lowest BCUT2D eigenvalue weighted by Gasteiger charge is -2.55. The van der Waals surface area contributed by atoms with Crippen LogP contribution in [0.2, 0.25) is 0 Å². The molecule has 0 aromatic heterocycles. The second kappa shape index (κ2) is 6.79. The third kappa shape index (κ3) is 2.37. The summed E-state index contributed by atoms with van der Waals surface area (Å²) in [5.41, 5.74) is 0.410. The third-order valence-corrected chi connectivity index (χ3v) is 7.79. The highest BCUT2D eigenvalue weighted by Gasteiger charge is 2.69. The van der Waals surface area contributed by atoms with E-state index in [0.29, 0.717) is 4.90 Å². The number of nitrogens with zero attached hydrogens (tertiary/aromatic N) is 1. The van der Waals surface area contributed by atoms with Crippen molar-refractivity contribution in [2.24, 2.45) is 11.8 Å². The zero-order valence-corrected chi connectivity index (χ0v) is 18.1. The van der Waals surface area contributed by atoms with Crippen molar-refractivity contribution in [1.29, 1.82) is 0 Å². The van der Waals surface area contributed by atoms with Crippen molar-refractivity contribution in [3.8, 4) is 0 Å². The lowest BCUT2D eigenvalue weighted by atomic mass is 9.46. The Morgan fingerprint density at radius 3 is 1.94 bits per heavy atom. The number of para-hydroxylation sites is 1. The normalized spacial score (nSPS) is 27.9. The number of alkyl halides is 3. The summed E-state index contributed by atoms with van der Waals surface area (Å²) >= 11 is 0. The molecule has 1 aliphatic heterocycles. The summed E-state index contributed by atoms with van der Waals surface area (Å²) in [6.07, 6.45) is -5.81. The van der Waals surface area contributed by atoms with E-state index in [1.807, 2.05) is 48.5 Å². The number of imide groups is 1. The number of benzene rings is 3. The van der Waals surface area contributed by atoms with E-state index in [1.54, 1.807) is 6.92 Å². The van der Waals surface area contributed by atoms with Crippen molar-refractivity contribution in [3.63, 3.8) is 0 Å². The van der Waals surface area contributed by atoms with Gasteiger partial charge in [0.25, 0.3) is 0 Å². The SMILES string of the molecule is C[C@H](O)C12c3ccccc3C(c3ccccc31)[C@H]1C(=O)N(c3ccccc3C(F)(F)F)C(=O)[C@H]12. The number of rotatable bonds is 2. The quantitative estimate of drug-likeness (QED) is 0.564. The minimum absolute atomic E-state index is 0.465. The molecule has 3 aromatic carbocycles. The van der Waals surface area contributed by atoms with Crippen LogP contribution < -0.4 is 4.90 Å². The van der Waals surface area contributed by atoms with Crippen LogP contribution in [-0.2, 0) is 21.2 Å². The zero-order valence-electron chi connectivity index (χ0n) is 18.1. The van der Waals surface area contributed by atoms with E-state index < -0.39 is 58.5 Å². The van der Waals surface area contributed by atoms with Gasteiger partial charge >= 0.3 is 6.18 Å². The Morgan fingerprint density at radius 1 is 0.853 bits per heavy atom. The Morgan fingerprint density at radius 2 is 1.38 bits per heavy atom. The molecule has 0 saturated carbocycles. The highest BCUT2D eigenvalue weighted by Crippen LogP contribution is 2.65. The van der Waals surface area contributed by atoms with Crippen molar-refractivity contribution >= 4 is 17.5 Å². The van der Waals surface area contributed by atoms with Gasteiger partial charge in [-0.3, -0.25) is 9.59 Å². The predicted octanol–water partition coefficient (Wildman–Crippen LogP) is 4.64. The van der Waals surface area contributed by atoms with E-state index in [4.69, 9.17) is 0 Å². The van der Waals surface area contributed by atoms with Crippen LogP contribution in [0, 0.1) is 11.8 Å². The smallest absolute Gasteiger partial charge is 0.392 e. The van der Waals surface area contributed by atoms with E-state index in [-0.39, 0.29) is 0 Å². The fourth-order valence-electron chi connectivity index (χ4n) is 6.69. The molecule has 7 heteroatoms. The summed E-state index contributed by atoms with van der Waals surface area (Å²) in [6, 6.07) is 19.4. The Bertz CT molecular complexity index is 1320. The van der Waals surface area contributed by atoms with E-state index in [9.17, 15) is 27.9 Å². The molecule has 1 saturated heterocycles. The molecular formula is C27H20F3NO3. The first kappa shape index (κ1) is 21.1. The number of hydrogen-bond acceptors (Lipinski definition) is 3. The molecule has 3 aromatic rings. The largest absolute Gasteiger partial charge is 0.418 e. The first-order valence-corrected chi connectivity index (χ1v) is 11.1. The molecule has 0 unspecified atom stereocenters. The molecule has 0 spiro atoms. The van der Waals surface area contributed by atoms with Crippen molar-refractivity contribution in [2.45, 2.75) is 30.5 Å². The topological polar surface area (TPSA) is 57.6 Å². The summed E-state index contributed by atoms with van der Waals surface area (Å²) in [6.45, 7) is 1.58. The molecule has 1 N–H and O–H groups in total. The van der Waals surface area contributed by atoms with Gasteiger partial charge in [0.1, 0.15) is 0 Å². The summed E-state index contributed by atoms with van der Waals surface area (Å²) in [4.78, 5) is 28.5. The zero-order chi connectivity index (χ0) is 24.0. The van der Waals surface area contributed by atoms with Gasteiger partial charge in [0.05, 0.1) is 34.6 Å². The molecule has 3 atom stereocenters. The summed E-state index contributed by atoms with van der Waals surface area (Å²) < 4.78 is 41.5. The average Bonchev–Trinajstić information content (AvgIpc) is 3.09. The van der Waals surface area contributed by atoms with Crippen LogP contribution >= 0.6 is 0 Å². The maximum absolute atomic E-state index is 14.0. The van der Waals surface area contributed by atoms with Gasteiger partial charge in [-0.2, -0.15) is 13.2 Å². The fraction of sp³-hybridized carbons (Fsp3) is 0.259. The number of amides is 2. The number of carbonyl (C=O) groups excluding carboxylic acids is 2. The number of anilines is 1. The molecule has 2 amide bonds. The molecule has 4 aliphatic rings. The lowest BCUT2D eigenvalue weighted by Crippen LogP contribution is -2.58. The molecule has 3 aliphatic carbocycles. The number of hydrogen-bond donors (Lipinski definition) is 1. The minimum Gasteiger partial charge on any atom is -0.392 e. The maximum atomic E-state index is 14.0. The molecule has 7 rings (SSSR count). The van der Waals surface area contributed by atoms with Crippen molar-refractivity contribution in [3.05, 3.63) is 101 Å². The van der Waals surface area contributed by atoms with Gasteiger partial charge in [0.15, 0.2) is 0 Å². The molecule has 0 radical (unpaired) electrons. The molecule has 172 valence electrons. The van der Waals surface area contributed by atoms with Gasteiger partial charge in [0.2, 0.25) is 11.8 Å². The van der Waals surface area contributed by atoms with Gasteiger partial charge in [-0.05, 0) is 41.3 Å². The Balaban J connectivity index is 1.65. The van der Waals surface area contributed by atoms with E-state index in [0.717, 1.165) is 34.4 Å². The second-order valence-electron chi connectivity index (χ2n) is 9.23. The molecule has 1 fully saturated rings. The van der Waals surface area contributed by atoms with Crippen molar-refractivity contribution in [1.82, 2.24) is 0 Å². The number of aliphatic hydroxyl groups excluding tert-OH is 1. The van der Waals surface area contributed by atoms with E-state index in [2.05, 4.69) is 0 Å². The van der Waals surface area contributed by atoms with Crippen LogP contribution in [0.25, 0.3) is 0 Å². The van der Waals surface area contributed by atoms with Crippen LogP contribution in [0.4, 0.5) is 18.9 Å². The molecular weight excluding hydrogens is 443 g/mol. The summed E-state index contributed by atoms with van der Waals surface area (Å²) in [5, 5.41) is 11.3. The maximum Gasteiger partial charge on any atom is 0.418 e. The first-order valence-electron chi connectivity index (χ1n) is 11.1. The third-order valence-electron chi connectivity index (χ3n) is 7.79. The van der Waals surface area contributed by atoms with Crippen LogP contribution in [-0.4, -0.2) is 23.0 Å². The van der Waals surface area contributed by atoms with E-state index in [1.165, 1.54) is 12.1 Å². The highest BCUT2D eigenvalue weighted by atomic mass is 19.4. The second-order valence-corrected chi connectivity index (χ2v) is 9.23. The van der Waals surface area contributed by atoms with Crippen molar-refractivity contribution < 1.29 is 27.9 Å². The standard InChI is InChI=1S/C27H20F3NO3/c1-14(32)26-17-10-4-2-8-15(17)21(16-9-3-5-11-18(16)26)22-23(26)25(34)31(24(22)33)20-13-7-6-12-19(20)27(28,29)30/h2-14,21-23,32H,1H3/t14-,21?,22+,23-,26?/m0/s1. The first-order chi connectivity index (χ1) is 16.2. The predicted molar refractivity (Wildman–Crippen MR) is 118 cm³/mol. The Hall–Kier alpha value is -3.45. The highest BCUT2D eigenvalue weighted by molar-refractivity contribution is 6.24. The number of aliphatic hydroxyl groups is 1. The van der Waals surface area contributed by atoms with Gasteiger partial charge in [-0.25, -0.2) is 4.90 Å².